The molecule has 0 aromatic heterocycles. The smallest absolute Gasteiger partial charge is 0.294 e. The maximum Gasteiger partial charge on any atom is 0.294 e. The summed E-state index contributed by atoms with van der Waals surface area (Å²) in [5.74, 6) is 5.82. The van der Waals surface area contributed by atoms with Crippen molar-refractivity contribution in [1.82, 2.24) is 0 Å². The zero-order valence-electron chi connectivity index (χ0n) is 36.3. The molecule has 7 nitrogen and oxygen atoms in total. The van der Waals surface area contributed by atoms with Gasteiger partial charge in [-0.05, 0) is 179 Å². The average Bonchev–Trinajstić information content (AvgIpc) is 3.56. The molecule has 8 rings (SSSR count). The van der Waals surface area contributed by atoms with Crippen LogP contribution in [0.25, 0.3) is 27.1 Å². The molecule has 60 heavy (non-hydrogen) atoms. The Kier molecular flexibility index (Phi) is 12.3. The highest BCUT2D eigenvalue weighted by molar-refractivity contribution is 7.86. The van der Waals surface area contributed by atoms with Gasteiger partial charge in [0.25, 0.3) is 20.2 Å². The van der Waals surface area contributed by atoms with Crippen LogP contribution in [0, 0.1) is 52.3 Å². The predicted molar refractivity (Wildman–Crippen MR) is 242 cm³/mol. The zero-order valence-corrected chi connectivity index (χ0v) is 37.9. The van der Waals surface area contributed by atoms with Crippen molar-refractivity contribution in [1.29, 1.82) is 0 Å². The Hall–Kier alpha value is -3.08. The van der Waals surface area contributed by atoms with Crippen molar-refractivity contribution in [3.8, 4) is 0 Å². The van der Waals surface area contributed by atoms with Gasteiger partial charge >= 0.3 is 0 Å². The molecule has 0 aliphatic heterocycles. The van der Waals surface area contributed by atoms with Crippen molar-refractivity contribution < 1.29 is 30.7 Å². The third-order valence-corrected chi connectivity index (χ3v) is 18.2. The van der Waals surface area contributed by atoms with Gasteiger partial charge in [0.1, 0.15) is 0 Å². The summed E-state index contributed by atoms with van der Waals surface area (Å²) in [6, 6.07) is 20.6. The number of hydrogen-bond acceptors (Lipinski definition) is 5. The molecule has 0 amide bonds. The largest absolute Gasteiger partial charge is 0.378 e. The van der Waals surface area contributed by atoms with Crippen molar-refractivity contribution in [2.45, 2.75) is 134 Å². The fourth-order valence-corrected chi connectivity index (χ4v) is 14.5. The van der Waals surface area contributed by atoms with E-state index in [9.17, 15) is 25.9 Å². The molecule has 4 fully saturated rings. The Morgan fingerprint density at radius 1 is 0.733 bits per heavy atom. The summed E-state index contributed by atoms with van der Waals surface area (Å²) in [5, 5.41) is 2.97. The first-order valence-electron chi connectivity index (χ1n) is 22.8. The summed E-state index contributed by atoms with van der Waals surface area (Å²) in [5.41, 5.74) is 3.57. The fourth-order valence-electron chi connectivity index (χ4n) is 13.5. The van der Waals surface area contributed by atoms with Crippen LogP contribution in [0.4, 0.5) is 0 Å². The SMILES string of the molecule is CC(C)CCCC(C)[C@H]1CC[C@H]2[C@@H]3CCC4CC(OCCC=C(c5cccc6cc(S(=O)(=O)O)ccc56)c5cccc6cc(S(=O)(=O)O)ccc56)CC[C@]4(C)[C@H]3CC[C@]12C. The predicted octanol–water partition coefficient (Wildman–Crippen LogP) is 12.8. The van der Waals surface area contributed by atoms with E-state index in [0.29, 0.717) is 40.5 Å². The van der Waals surface area contributed by atoms with Crippen molar-refractivity contribution >= 4 is 47.4 Å². The van der Waals surface area contributed by atoms with Crippen molar-refractivity contribution in [3.63, 3.8) is 0 Å². The monoisotopic (exact) mass is 854 g/mol. The van der Waals surface area contributed by atoms with Crippen LogP contribution >= 0.6 is 0 Å². The number of ether oxygens (including phenoxy) is 1. The second-order valence-corrected chi connectivity index (χ2v) is 23.0. The Morgan fingerprint density at radius 3 is 1.93 bits per heavy atom. The molecule has 4 aromatic rings. The number of benzene rings is 4. The van der Waals surface area contributed by atoms with Gasteiger partial charge in [0.05, 0.1) is 22.5 Å². The molecule has 9 atom stereocenters. The molecule has 0 heterocycles. The van der Waals surface area contributed by atoms with Crippen LogP contribution in [0.5, 0.6) is 0 Å². The summed E-state index contributed by atoms with van der Waals surface area (Å²) in [6.07, 6.45) is 19.0. The average molecular weight is 855 g/mol. The summed E-state index contributed by atoms with van der Waals surface area (Å²) in [6.45, 7) is 13.2. The van der Waals surface area contributed by atoms with Gasteiger partial charge in [0.2, 0.25) is 0 Å². The van der Waals surface area contributed by atoms with E-state index in [1.807, 2.05) is 36.4 Å². The first-order chi connectivity index (χ1) is 28.5. The second kappa shape index (κ2) is 16.9. The molecule has 4 aliphatic carbocycles. The lowest BCUT2D eigenvalue weighted by Crippen LogP contribution is -2.54. The molecule has 324 valence electrons. The van der Waals surface area contributed by atoms with Gasteiger partial charge in [-0.2, -0.15) is 16.8 Å². The van der Waals surface area contributed by atoms with Crippen LogP contribution in [-0.2, 0) is 25.0 Å². The molecule has 3 unspecified atom stereocenters. The highest BCUT2D eigenvalue weighted by Gasteiger charge is 2.60. The van der Waals surface area contributed by atoms with E-state index in [0.717, 1.165) is 75.8 Å². The van der Waals surface area contributed by atoms with Gasteiger partial charge < -0.3 is 4.74 Å². The molecule has 0 saturated heterocycles. The van der Waals surface area contributed by atoms with Crippen LogP contribution in [0.2, 0.25) is 0 Å². The number of hydrogen-bond donors (Lipinski definition) is 2. The van der Waals surface area contributed by atoms with Gasteiger partial charge in [-0.3, -0.25) is 9.11 Å². The van der Waals surface area contributed by atoms with Crippen LogP contribution in [0.3, 0.4) is 0 Å². The van der Waals surface area contributed by atoms with Gasteiger partial charge in [-0.25, -0.2) is 0 Å². The zero-order chi connectivity index (χ0) is 42.6. The van der Waals surface area contributed by atoms with Gasteiger partial charge in [0, 0.05) is 0 Å². The maximum absolute atomic E-state index is 12.0. The van der Waals surface area contributed by atoms with Crippen molar-refractivity contribution in [2.24, 2.45) is 52.3 Å². The number of fused-ring (bicyclic) bond motifs is 7. The lowest BCUT2D eigenvalue weighted by atomic mass is 9.44. The highest BCUT2D eigenvalue weighted by Crippen LogP contribution is 2.68. The van der Waals surface area contributed by atoms with Crippen LogP contribution in [-0.4, -0.2) is 38.7 Å². The normalized spacial score (nSPS) is 29.9. The molecule has 4 aromatic carbocycles. The first-order valence-corrected chi connectivity index (χ1v) is 25.7. The van der Waals surface area contributed by atoms with Crippen LogP contribution < -0.4 is 0 Å². The topological polar surface area (TPSA) is 118 Å². The van der Waals surface area contributed by atoms with E-state index >= 15 is 0 Å². The minimum Gasteiger partial charge on any atom is -0.378 e. The molecule has 0 bridgehead atoms. The maximum atomic E-state index is 12.0. The molecule has 0 spiro atoms. The molecule has 4 aliphatic rings. The van der Waals surface area contributed by atoms with Crippen LogP contribution in [0.15, 0.2) is 88.7 Å². The minimum absolute atomic E-state index is 0.169. The summed E-state index contributed by atoms with van der Waals surface area (Å²) < 4.78 is 74.4. The van der Waals surface area contributed by atoms with Crippen molar-refractivity contribution in [2.75, 3.05) is 6.61 Å². The van der Waals surface area contributed by atoms with E-state index < -0.39 is 20.2 Å². The Bertz CT molecular complexity index is 2360. The molecule has 0 radical (unpaired) electrons. The van der Waals surface area contributed by atoms with E-state index in [-0.39, 0.29) is 15.9 Å². The van der Waals surface area contributed by atoms with E-state index in [1.54, 1.807) is 12.1 Å². The Labute approximate surface area is 359 Å². The second-order valence-electron chi connectivity index (χ2n) is 20.2. The molecule has 9 heteroatoms. The van der Waals surface area contributed by atoms with Gasteiger partial charge in [0.15, 0.2) is 0 Å². The minimum atomic E-state index is -4.39. The standard InChI is InChI=1S/C51H66O7S2/c1-33(2)10-6-11-34(3)47-23-24-48-46-20-17-37-32-38(25-27-50(37,4)49(46)26-28-51(47,48)5)58-29-9-16-45(43-14-7-12-35-30-39(59(52,53)54)18-21-41(35)43)44-15-8-13-36-31-40(60(55,56)57)19-22-42(36)44/h7-8,12-16,18-19,21-22,30-31,33-34,37-38,46-49H,6,9-11,17,20,23-29,32H2,1-5H3,(H,52,53,54)(H,55,56,57)/t34?,37?,38?,46-,47+,48-,49-,50-,51+/m0/s1. The lowest BCUT2D eigenvalue weighted by molar-refractivity contribution is -0.136. The fraction of sp³-hybridized carbons (Fsp3) is 0.569. The molecule has 2 N–H and O–H groups in total. The van der Waals surface area contributed by atoms with E-state index in [1.165, 1.54) is 88.5 Å². The highest BCUT2D eigenvalue weighted by atomic mass is 32.2. The number of rotatable bonds is 13. The Balaban J connectivity index is 0.983. The molecular formula is C51H66O7S2. The molecular weight excluding hydrogens is 789 g/mol. The Morgan fingerprint density at radius 2 is 1.33 bits per heavy atom. The summed E-state index contributed by atoms with van der Waals surface area (Å²) in [7, 11) is -8.77. The van der Waals surface area contributed by atoms with Gasteiger partial charge in [-0.1, -0.05) is 108 Å². The molecule has 4 saturated carbocycles. The van der Waals surface area contributed by atoms with E-state index in [4.69, 9.17) is 4.74 Å². The van der Waals surface area contributed by atoms with E-state index in [2.05, 4.69) is 40.7 Å². The third-order valence-electron chi connectivity index (χ3n) is 16.5. The summed E-state index contributed by atoms with van der Waals surface area (Å²) >= 11 is 0. The quantitative estimate of drug-likeness (QED) is 0.102. The third kappa shape index (κ3) is 8.39. The van der Waals surface area contributed by atoms with Crippen molar-refractivity contribution in [3.05, 3.63) is 90.0 Å². The van der Waals surface area contributed by atoms with Gasteiger partial charge in [-0.15, -0.1) is 0 Å². The lowest BCUT2D eigenvalue weighted by Gasteiger charge is -2.61. The summed E-state index contributed by atoms with van der Waals surface area (Å²) in [4.78, 5) is -0.338. The van der Waals surface area contributed by atoms with Crippen LogP contribution in [0.1, 0.15) is 129 Å². The first kappa shape index (κ1) is 43.6.